The highest BCUT2D eigenvalue weighted by molar-refractivity contribution is 6.27. The maximum absolute atomic E-state index is 13.1. The lowest BCUT2D eigenvalue weighted by Gasteiger charge is -2.30. The van der Waals surface area contributed by atoms with Gasteiger partial charge >= 0.3 is 0 Å². The van der Waals surface area contributed by atoms with Gasteiger partial charge in [-0.3, -0.25) is 29.5 Å². The van der Waals surface area contributed by atoms with E-state index in [1.54, 1.807) is 4.90 Å². The quantitative estimate of drug-likeness (QED) is 0.803. The summed E-state index contributed by atoms with van der Waals surface area (Å²) < 4.78 is 0. The van der Waals surface area contributed by atoms with Crippen LogP contribution in [-0.2, 0) is 22.7 Å². The maximum Gasteiger partial charge on any atom is 0.259 e. The summed E-state index contributed by atoms with van der Waals surface area (Å²) in [6.45, 7) is 1.69. The Hall–Kier alpha value is -2.73. The highest BCUT2D eigenvalue weighted by Gasteiger charge is 2.41. The van der Waals surface area contributed by atoms with Crippen LogP contribution in [0.5, 0.6) is 0 Å². The molecule has 1 fully saturated rings. The van der Waals surface area contributed by atoms with Gasteiger partial charge in [-0.2, -0.15) is 0 Å². The topological polar surface area (TPSA) is 69.7 Å². The molecule has 0 aliphatic carbocycles. The summed E-state index contributed by atoms with van der Waals surface area (Å²) in [4.78, 5) is 40.7. The van der Waals surface area contributed by atoms with Crippen LogP contribution in [0.4, 0.5) is 5.69 Å². The second-order valence-electron chi connectivity index (χ2n) is 7.08. The van der Waals surface area contributed by atoms with E-state index in [-0.39, 0.29) is 24.1 Å². The van der Waals surface area contributed by atoms with Crippen molar-refractivity contribution >= 4 is 34.2 Å². The molecule has 126 valence electrons. The van der Waals surface area contributed by atoms with Gasteiger partial charge in [-0.1, -0.05) is 12.1 Å². The fourth-order valence-electron chi connectivity index (χ4n) is 4.37. The van der Waals surface area contributed by atoms with Gasteiger partial charge in [0, 0.05) is 24.9 Å². The van der Waals surface area contributed by atoms with E-state index in [2.05, 4.69) is 23.3 Å². The van der Waals surface area contributed by atoms with Crippen LogP contribution in [0.1, 0.15) is 34.3 Å². The molecule has 0 spiro atoms. The minimum Gasteiger partial charge on any atom is -0.298 e. The van der Waals surface area contributed by atoms with E-state index in [4.69, 9.17) is 0 Å². The monoisotopic (exact) mass is 335 g/mol. The van der Waals surface area contributed by atoms with Crippen molar-refractivity contribution in [2.75, 3.05) is 11.9 Å². The zero-order valence-corrected chi connectivity index (χ0v) is 13.8. The molecule has 3 amide bonds. The lowest BCUT2D eigenvalue weighted by Crippen LogP contribution is -2.53. The maximum atomic E-state index is 13.1. The molecule has 0 radical (unpaired) electrons. The Morgan fingerprint density at radius 1 is 1.16 bits per heavy atom. The van der Waals surface area contributed by atoms with Crippen molar-refractivity contribution in [1.82, 2.24) is 10.2 Å². The van der Waals surface area contributed by atoms with Gasteiger partial charge in [-0.15, -0.1) is 0 Å². The van der Waals surface area contributed by atoms with Gasteiger partial charge in [0.1, 0.15) is 6.04 Å². The molecule has 2 aromatic rings. The Balaban J connectivity index is 1.69. The van der Waals surface area contributed by atoms with Crippen molar-refractivity contribution in [3.05, 3.63) is 41.0 Å². The predicted molar refractivity (Wildman–Crippen MR) is 92.1 cm³/mol. The van der Waals surface area contributed by atoms with E-state index in [1.165, 1.54) is 11.1 Å². The number of nitrogens with one attached hydrogen (secondary N) is 1. The lowest BCUT2D eigenvalue weighted by atomic mass is 9.97. The van der Waals surface area contributed by atoms with Crippen LogP contribution in [0, 0.1) is 0 Å². The molecule has 0 bridgehead atoms. The van der Waals surface area contributed by atoms with Gasteiger partial charge in [-0.25, -0.2) is 0 Å². The first-order valence-electron chi connectivity index (χ1n) is 8.48. The zero-order valence-electron chi connectivity index (χ0n) is 13.8. The summed E-state index contributed by atoms with van der Waals surface area (Å²) in [7, 11) is 2.07. The van der Waals surface area contributed by atoms with Crippen LogP contribution in [0.3, 0.4) is 0 Å². The van der Waals surface area contributed by atoms with Crippen molar-refractivity contribution in [2.45, 2.75) is 32.0 Å². The molecular formula is C19H17N3O3. The Morgan fingerprint density at radius 3 is 2.80 bits per heavy atom. The van der Waals surface area contributed by atoms with Gasteiger partial charge in [0.2, 0.25) is 11.8 Å². The number of hydrogen-bond acceptors (Lipinski definition) is 4. The van der Waals surface area contributed by atoms with Crippen LogP contribution in [0.15, 0.2) is 24.3 Å². The molecule has 1 atom stereocenters. The van der Waals surface area contributed by atoms with Crippen LogP contribution in [0.2, 0.25) is 0 Å². The van der Waals surface area contributed by atoms with E-state index in [1.807, 2.05) is 18.2 Å². The molecule has 6 nitrogen and oxygen atoms in total. The summed E-state index contributed by atoms with van der Waals surface area (Å²) in [5.41, 5.74) is 3.90. The first-order valence-corrected chi connectivity index (χ1v) is 8.48. The van der Waals surface area contributed by atoms with Gasteiger partial charge in [-0.05, 0) is 42.1 Å². The van der Waals surface area contributed by atoms with Crippen LogP contribution in [0.25, 0.3) is 10.8 Å². The lowest BCUT2D eigenvalue weighted by molar-refractivity contribution is -0.134. The molecule has 0 saturated carbocycles. The predicted octanol–water partition coefficient (Wildman–Crippen LogP) is 1.55. The third kappa shape index (κ3) is 1.91. The third-order valence-electron chi connectivity index (χ3n) is 5.44. The number of piperidine rings is 1. The number of carbonyl (C=O) groups excluding carboxylic acids is 3. The molecule has 2 aromatic carbocycles. The molecular weight excluding hydrogens is 318 g/mol. The van der Waals surface area contributed by atoms with Crippen molar-refractivity contribution in [3.63, 3.8) is 0 Å². The average Bonchev–Trinajstić information content (AvgIpc) is 3.08. The molecule has 0 aromatic heterocycles. The van der Waals surface area contributed by atoms with E-state index >= 15 is 0 Å². The second-order valence-corrected chi connectivity index (χ2v) is 7.08. The molecule has 3 aliphatic rings. The summed E-state index contributed by atoms with van der Waals surface area (Å²) >= 11 is 0. The Labute approximate surface area is 144 Å². The van der Waals surface area contributed by atoms with E-state index in [0.717, 1.165) is 29.5 Å². The standard InChI is InChI=1S/C19H17N3O3/c1-21-8-10-7-12-17-11(13(10)9-21)3-2-4-14(17)22(19(12)25)15-5-6-16(23)20-18(15)24/h2-4,7,15H,5-6,8-9H2,1H3,(H,20,23,24). The SMILES string of the molecule is CN1Cc2cc3c4c(cccc4c2C1)N(C1CCC(=O)NC1=O)C3=O. The summed E-state index contributed by atoms with van der Waals surface area (Å²) in [5.74, 6) is -0.801. The number of rotatable bonds is 1. The fraction of sp³-hybridized carbons (Fsp3) is 0.316. The minimum absolute atomic E-state index is 0.141. The van der Waals surface area contributed by atoms with E-state index in [9.17, 15) is 14.4 Å². The molecule has 3 aliphatic heterocycles. The van der Waals surface area contributed by atoms with Gasteiger partial charge < -0.3 is 0 Å². The number of nitrogens with zero attached hydrogens (tertiary/aromatic N) is 2. The van der Waals surface area contributed by atoms with Gasteiger partial charge in [0.15, 0.2) is 0 Å². The summed E-state index contributed by atoms with van der Waals surface area (Å²) in [6.07, 6.45) is 0.622. The molecule has 1 N–H and O–H groups in total. The van der Waals surface area contributed by atoms with Crippen molar-refractivity contribution in [3.8, 4) is 0 Å². The Bertz CT molecular complexity index is 982. The Morgan fingerprint density at radius 2 is 2.00 bits per heavy atom. The van der Waals surface area contributed by atoms with E-state index in [0.29, 0.717) is 12.0 Å². The van der Waals surface area contributed by atoms with Crippen LogP contribution in [-0.4, -0.2) is 35.7 Å². The highest BCUT2D eigenvalue weighted by Crippen LogP contribution is 2.43. The van der Waals surface area contributed by atoms with E-state index < -0.39 is 6.04 Å². The summed E-state index contributed by atoms with van der Waals surface area (Å²) in [6, 6.07) is 7.25. The number of anilines is 1. The molecule has 3 heterocycles. The van der Waals surface area contributed by atoms with Crippen molar-refractivity contribution < 1.29 is 14.4 Å². The zero-order chi connectivity index (χ0) is 17.3. The smallest absolute Gasteiger partial charge is 0.259 e. The van der Waals surface area contributed by atoms with Crippen LogP contribution < -0.4 is 10.2 Å². The molecule has 1 unspecified atom stereocenters. The third-order valence-corrected chi connectivity index (χ3v) is 5.44. The number of amides is 3. The molecule has 25 heavy (non-hydrogen) atoms. The first-order chi connectivity index (χ1) is 12.0. The first kappa shape index (κ1) is 14.6. The van der Waals surface area contributed by atoms with Gasteiger partial charge in [0.25, 0.3) is 5.91 Å². The van der Waals surface area contributed by atoms with Crippen molar-refractivity contribution in [1.29, 1.82) is 0 Å². The molecule has 5 rings (SSSR count). The number of imide groups is 1. The number of benzene rings is 2. The van der Waals surface area contributed by atoms with Crippen molar-refractivity contribution in [2.24, 2.45) is 0 Å². The Kier molecular flexibility index (Phi) is 2.86. The highest BCUT2D eigenvalue weighted by atomic mass is 16.2. The van der Waals surface area contributed by atoms with Gasteiger partial charge in [0.05, 0.1) is 11.3 Å². The number of hydrogen-bond donors (Lipinski definition) is 1. The molecule has 6 heteroatoms. The average molecular weight is 335 g/mol. The number of fused-ring (bicyclic) bond motifs is 2. The molecule has 1 saturated heterocycles. The van der Waals surface area contributed by atoms with Crippen LogP contribution >= 0.6 is 0 Å². The largest absolute Gasteiger partial charge is 0.298 e. The fourth-order valence-corrected chi connectivity index (χ4v) is 4.37. The summed E-state index contributed by atoms with van der Waals surface area (Å²) in [5, 5.41) is 4.39. The minimum atomic E-state index is -0.624. The second kappa shape index (κ2) is 4.89. The normalized spacial score (nSPS) is 22.7. The number of carbonyl (C=O) groups is 3.